The van der Waals surface area contributed by atoms with E-state index in [1.54, 1.807) is 6.92 Å². The third kappa shape index (κ3) is 3.64. The minimum absolute atomic E-state index is 0.266. The third-order valence-corrected chi connectivity index (χ3v) is 4.11. The molecular weight excluding hydrogens is 300 g/mol. The fourth-order valence-corrected chi connectivity index (χ4v) is 2.57. The fraction of sp³-hybridized carbons (Fsp3) is 0.200. The number of aryl methyl sites for hydroxylation is 1. The largest absolute Gasteiger partial charge is 0.324 e. The number of hydrogen-bond acceptors (Lipinski definition) is 2. The Hall–Kier alpha value is -3.06. The van der Waals surface area contributed by atoms with Crippen LogP contribution >= 0.6 is 0 Å². The first-order chi connectivity index (χ1) is 11.5. The number of rotatable bonds is 3. The van der Waals surface area contributed by atoms with E-state index in [-0.39, 0.29) is 5.91 Å². The second-order valence-electron chi connectivity index (χ2n) is 6.05. The quantitative estimate of drug-likeness (QED) is 0.675. The van der Waals surface area contributed by atoms with Crippen molar-refractivity contribution < 1.29 is 9.59 Å². The van der Waals surface area contributed by atoms with Gasteiger partial charge >= 0.3 is 6.03 Å². The SMILES string of the molecule is CC1(CCc2ccc(C#Cc3ccccc3)cc2)NC(=O)NC1=O. The monoisotopic (exact) mass is 318 g/mol. The maximum absolute atomic E-state index is 11.8. The van der Waals surface area contributed by atoms with Crippen molar-refractivity contribution in [2.45, 2.75) is 25.3 Å². The Kier molecular flexibility index (Phi) is 4.35. The van der Waals surface area contributed by atoms with E-state index < -0.39 is 11.6 Å². The minimum Gasteiger partial charge on any atom is -0.324 e. The molecule has 4 nitrogen and oxygen atoms in total. The van der Waals surface area contributed by atoms with Crippen molar-refractivity contribution in [2.75, 3.05) is 0 Å². The van der Waals surface area contributed by atoms with Crippen LogP contribution in [0.1, 0.15) is 30.0 Å². The average Bonchev–Trinajstić information content (AvgIpc) is 2.85. The number of urea groups is 1. The molecule has 2 N–H and O–H groups in total. The zero-order valence-corrected chi connectivity index (χ0v) is 13.4. The lowest BCUT2D eigenvalue weighted by molar-refractivity contribution is -0.123. The second kappa shape index (κ2) is 6.59. The van der Waals surface area contributed by atoms with Crippen molar-refractivity contribution in [1.82, 2.24) is 10.6 Å². The summed E-state index contributed by atoms with van der Waals surface area (Å²) in [7, 11) is 0. The van der Waals surface area contributed by atoms with E-state index in [2.05, 4.69) is 22.5 Å². The molecule has 1 aliphatic rings. The van der Waals surface area contributed by atoms with Gasteiger partial charge in [-0.2, -0.15) is 0 Å². The van der Waals surface area contributed by atoms with Crippen LogP contribution in [0.2, 0.25) is 0 Å². The third-order valence-electron chi connectivity index (χ3n) is 4.11. The van der Waals surface area contributed by atoms with Crippen LogP contribution in [0.3, 0.4) is 0 Å². The average molecular weight is 318 g/mol. The zero-order chi connectivity index (χ0) is 17.0. The molecule has 24 heavy (non-hydrogen) atoms. The van der Waals surface area contributed by atoms with E-state index in [4.69, 9.17) is 0 Å². The van der Waals surface area contributed by atoms with Crippen molar-refractivity contribution in [1.29, 1.82) is 0 Å². The van der Waals surface area contributed by atoms with Gasteiger partial charge in [-0.3, -0.25) is 10.1 Å². The van der Waals surface area contributed by atoms with Gasteiger partial charge in [0.15, 0.2) is 0 Å². The van der Waals surface area contributed by atoms with Crippen LogP contribution in [0.15, 0.2) is 54.6 Å². The normalized spacial score (nSPS) is 19.2. The van der Waals surface area contributed by atoms with Gasteiger partial charge in [0.2, 0.25) is 0 Å². The molecule has 0 aliphatic carbocycles. The Bertz CT molecular complexity index is 816. The molecule has 0 spiro atoms. The van der Waals surface area contributed by atoms with Crippen molar-refractivity contribution in [3.05, 3.63) is 71.3 Å². The minimum atomic E-state index is -0.830. The number of amides is 3. The summed E-state index contributed by atoms with van der Waals surface area (Å²) < 4.78 is 0. The summed E-state index contributed by atoms with van der Waals surface area (Å²) in [4.78, 5) is 23.0. The number of imide groups is 1. The fourth-order valence-electron chi connectivity index (χ4n) is 2.57. The van der Waals surface area contributed by atoms with Gasteiger partial charge in [0.25, 0.3) is 5.91 Å². The van der Waals surface area contributed by atoms with Gasteiger partial charge in [-0.1, -0.05) is 42.2 Å². The molecule has 120 valence electrons. The maximum Gasteiger partial charge on any atom is 0.322 e. The van der Waals surface area contributed by atoms with Crippen molar-refractivity contribution in [3.8, 4) is 11.8 Å². The molecule has 2 aromatic carbocycles. The first-order valence-corrected chi connectivity index (χ1v) is 7.85. The van der Waals surface area contributed by atoms with Crippen LogP contribution in [0.4, 0.5) is 4.79 Å². The molecule has 3 amide bonds. The highest BCUT2D eigenvalue weighted by Gasteiger charge is 2.41. The van der Waals surface area contributed by atoms with Gasteiger partial charge < -0.3 is 5.32 Å². The Morgan fingerprint density at radius 2 is 1.54 bits per heavy atom. The molecule has 0 radical (unpaired) electrons. The van der Waals surface area contributed by atoms with Crippen molar-refractivity contribution in [3.63, 3.8) is 0 Å². The summed E-state index contributed by atoms with van der Waals surface area (Å²) in [5, 5.41) is 4.96. The van der Waals surface area contributed by atoms with Crippen LogP contribution in [0, 0.1) is 11.8 Å². The van der Waals surface area contributed by atoms with E-state index in [9.17, 15) is 9.59 Å². The highest BCUT2D eigenvalue weighted by Crippen LogP contribution is 2.18. The zero-order valence-electron chi connectivity index (χ0n) is 13.4. The van der Waals surface area contributed by atoms with E-state index in [0.717, 1.165) is 16.7 Å². The van der Waals surface area contributed by atoms with Crippen molar-refractivity contribution in [2.24, 2.45) is 0 Å². The summed E-state index contributed by atoms with van der Waals surface area (Å²) in [5.41, 5.74) is 2.21. The van der Waals surface area contributed by atoms with E-state index >= 15 is 0 Å². The lowest BCUT2D eigenvalue weighted by atomic mass is 9.93. The summed E-state index contributed by atoms with van der Waals surface area (Å²) in [5.74, 6) is 5.99. The molecule has 1 heterocycles. The van der Waals surface area contributed by atoms with Crippen LogP contribution < -0.4 is 10.6 Å². The molecule has 1 unspecified atom stereocenters. The smallest absolute Gasteiger partial charge is 0.322 e. The van der Waals surface area contributed by atoms with Gasteiger partial charge in [-0.25, -0.2) is 4.79 Å². The van der Waals surface area contributed by atoms with Crippen molar-refractivity contribution >= 4 is 11.9 Å². The highest BCUT2D eigenvalue weighted by molar-refractivity contribution is 6.06. The van der Waals surface area contributed by atoms with Crippen LogP contribution in [0.5, 0.6) is 0 Å². The first kappa shape index (κ1) is 15.8. The number of hydrogen-bond donors (Lipinski definition) is 2. The highest BCUT2D eigenvalue weighted by atomic mass is 16.2. The second-order valence-corrected chi connectivity index (χ2v) is 6.05. The molecule has 2 aromatic rings. The summed E-state index contributed by atoms with van der Waals surface area (Å²) in [6.45, 7) is 1.74. The maximum atomic E-state index is 11.8. The Balaban J connectivity index is 1.62. The molecule has 0 bridgehead atoms. The summed E-state index contributed by atoms with van der Waals surface area (Å²) >= 11 is 0. The van der Waals surface area contributed by atoms with Crippen LogP contribution in [-0.4, -0.2) is 17.5 Å². The molecule has 3 rings (SSSR count). The Morgan fingerprint density at radius 3 is 2.12 bits per heavy atom. The van der Waals surface area contributed by atoms with Gasteiger partial charge in [-0.05, 0) is 49.6 Å². The summed E-state index contributed by atoms with van der Waals surface area (Å²) in [6.07, 6.45) is 1.26. The molecule has 0 saturated carbocycles. The van der Waals surface area contributed by atoms with Crippen LogP contribution in [-0.2, 0) is 11.2 Å². The van der Waals surface area contributed by atoms with Gasteiger partial charge in [0.1, 0.15) is 5.54 Å². The molecule has 1 fully saturated rings. The lowest BCUT2D eigenvalue weighted by Gasteiger charge is -2.20. The van der Waals surface area contributed by atoms with E-state index in [0.29, 0.717) is 12.8 Å². The van der Waals surface area contributed by atoms with Gasteiger partial charge in [-0.15, -0.1) is 0 Å². The van der Waals surface area contributed by atoms with Crippen LogP contribution in [0.25, 0.3) is 0 Å². The standard InChI is InChI=1S/C20H18N2O2/c1-20(18(23)21-19(24)22-20)14-13-17-11-9-16(10-12-17)8-7-15-5-3-2-4-6-15/h2-6,9-12H,13-14H2,1H3,(H2,21,22,23,24). The molecule has 0 aromatic heterocycles. The summed E-state index contributed by atoms with van der Waals surface area (Å²) in [6, 6.07) is 17.4. The Labute approximate surface area is 141 Å². The molecule has 1 saturated heterocycles. The first-order valence-electron chi connectivity index (χ1n) is 7.85. The molecule has 4 heteroatoms. The molecule has 1 aliphatic heterocycles. The van der Waals surface area contributed by atoms with Gasteiger partial charge in [0, 0.05) is 11.1 Å². The van der Waals surface area contributed by atoms with Gasteiger partial charge in [0.05, 0.1) is 0 Å². The Morgan fingerprint density at radius 1 is 0.917 bits per heavy atom. The number of carbonyl (C=O) groups is 2. The number of carbonyl (C=O) groups excluding carboxylic acids is 2. The topological polar surface area (TPSA) is 58.2 Å². The molecular formula is C20H18N2O2. The number of nitrogens with one attached hydrogen (secondary N) is 2. The predicted molar refractivity (Wildman–Crippen MR) is 92.3 cm³/mol. The lowest BCUT2D eigenvalue weighted by Crippen LogP contribution is -2.43. The molecule has 1 atom stereocenters. The van der Waals surface area contributed by atoms with E-state index in [1.165, 1.54) is 0 Å². The van der Waals surface area contributed by atoms with E-state index in [1.807, 2.05) is 54.6 Å². The number of benzene rings is 2. The predicted octanol–water partition coefficient (Wildman–Crippen LogP) is 2.62.